The quantitative estimate of drug-likeness (QED) is 0.335. The number of sulfone groups is 1. The van der Waals surface area contributed by atoms with Crippen molar-refractivity contribution in [3.05, 3.63) is 77.0 Å². The summed E-state index contributed by atoms with van der Waals surface area (Å²) in [5, 5.41) is 2.98. The summed E-state index contributed by atoms with van der Waals surface area (Å²) in [6, 6.07) is 8.35. The molecule has 0 saturated carbocycles. The molecule has 1 atom stereocenters. The maximum absolute atomic E-state index is 15.0. The molecule has 1 amide bonds. The first-order valence-corrected chi connectivity index (χ1v) is 12.9. The molecule has 1 aliphatic heterocycles. The number of ether oxygens (including phenoxy) is 2. The fourth-order valence-corrected chi connectivity index (χ4v) is 4.95. The Hall–Kier alpha value is -4.17. The van der Waals surface area contributed by atoms with Gasteiger partial charge in [-0.15, -0.1) is 0 Å². The minimum absolute atomic E-state index is 0.0685. The molecular formula is C26H20F4N4O5S. The molecule has 0 radical (unpaired) electrons. The van der Waals surface area contributed by atoms with E-state index in [1.807, 2.05) is 0 Å². The highest BCUT2D eigenvalue weighted by Crippen LogP contribution is 2.31. The lowest BCUT2D eigenvalue weighted by molar-refractivity contribution is 0.0938. The second-order valence-corrected chi connectivity index (χ2v) is 10.3. The molecule has 0 fully saturated rings. The lowest BCUT2D eigenvalue weighted by atomic mass is 10.1. The van der Waals surface area contributed by atoms with Crippen LogP contribution in [0.25, 0.3) is 22.2 Å². The number of carbonyl (C=O) groups is 1. The van der Waals surface area contributed by atoms with E-state index in [0.717, 1.165) is 6.07 Å². The Morgan fingerprint density at radius 2 is 2.02 bits per heavy atom. The number of nitrogens with one attached hydrogen (secondary N) is 1. The third-order valence-corrected chi connectivity index (χ3v) is 7.41. The molecule has 4 aromatic rings. The van der Waals surface area contributed by atoms with Crippen LogP contribution in [-0.2, 0) is 27.7 Å². The number of amides is 1. The number of pyridine rings is 3. The average molecular weight is 581 g/mol. The van der Waals surface area contributed by atoms with Gasteiger partial charge in [0.2, 0.25) is 21.2 Å². The number of methoxy groups -OCH3 is 1. The van der Waals surface area contributed by atoms with E-state index in [1.165, 1.54) is 25.4 Å². The van der Waals surface area contributed by atoms with Crippen LogP contribution in [0.2, 0.25) is 0 Å². The molecule has 14 heteroatoms. The number of halogens is 4. The van der Waals surface area contributed by atoms with Gasteiger partial charge in [-0.25, -0.2) is 35.9 Å². The Balaban J connectivity index is 1.42. The molecule has 5 rings (SSSR count). The Bertz CT molecular complexity index is 1920. The van der Waals surface area contributed by atoms with Crippen LogP contribution in [0.1, 0.15) is 39.2 Å². The van der Waals surface area contributed by atoms with E-state index in [0.29, 0.717) is 34.3 Å². The van der Waals surface area contributed by atoms with Crippen LogP contribution < -0.4 is 10.1 Å². The molecule has 0 bridgehead atoms. The van der Waals surface area contributed by atoms with Crippen LogP contribution in [0.15, 0.2) is 53.6 Å². The lowest BCUT2D eigenvalue weighted by Gasteiger charge is -2.12. The highest BCUT2D eigenvalue weighted by atomic mass is 32.2. The topological polar surface area (TPSA) is 120 Å². The smallest absolute Gasteiger partial charge is 0.280 e. The number of rotatable bonds is 6. The number of carbonyl (C=O) groups excluding carboxylic acids is 1. The van der Waals surface area contributed by atoms with Crippen LogP contribution in [-0.4, -0.2) is 48.4 Å². The molecule has 208 valence electrons. The third kappa shape index (κ3) is 5.19. The zero-order chi connectivity index (χ0) is 32.2. The van der Waals surface area contributed by atoms with Gasteiger partial charge in [0.05, 0.1) is 59.6 Å². The standard InChI is InChI=1S/C26H20F4N4O5S/c1-38-26-16(3-5-20(34-26)24(29)30)19-4-2-13-9-31-15(8-21(13)33-19)10-32-25(35)14-6-18(27)17-11-39-12-23(28)40(36,37)22(17)7-14/h2-9,23-24H,10-12H2,1H3,(H,32,35)/t23-/m1/s1/i11D2,12D2. The lowest BCUT2D eigenvalue weighted by Crippen LogP contribution is -2.25. The van der Waals surface area contributed by atoms with E-state index < -0.39 is 68.3 Å². The van der Waals surface area contributed by atoms with Crippen molar-refractivity contribution in [2.24, 2.45) is 0 Å². The summed E-state index contributed by atoms with van der Waals surface area (Å²) in [5.41, 5.74) is -4.48. The first-order valence-electron chi connectivity index (χ1n) is 13.3. The van der Waals surface area contributed by atoms with Gasteiger partial charge in [0, 0.05) is 22.7 Å². The van der Waals surface area contributed by atoms with E-state index >= 15 is 4.39 Å². The van der Waals surface area contributed by atoms with Gasteiger partial charge in [-0.3, -0.25) is 9.78 Å². The van der Waals surface area contributed by atoms with Crippen LogP contribution in [0, 0.1) is 5.82 Å². The van der Waals surface area contributed by atoms with Gasteiger partial charge in [-0.1, -0.05) is 0 Å². The Morgan fingerprint density at radius 3 is 2.77 bits per heavy atom. The van der Waals surface area contributed by atoms with Crippen molar-refractivity contribution in [3.63, 3.8) is 0 Å². The Kier molecular flexibility index (Phi) is 6.09. The number of alkyl halides is 3. The summed E-state index contributed by atoms with van der Waals surface area (Å²) in [4.78, 5) is 24.1. The molecular weight excluding hydrogens is 556 g/mol. The monoisotopic (exact) mass is 580 g/mol. The number of hydrogen-bond donors (Lipinski definition) is 1. The van der Waals surface area contributed by atoms with E-state index in [9.17, 15) is 26.4 Å². The summed E-state index contributed by atoms with van der Waals surface area (Å²) in [5.74, 6) is -2.68. The summed E-state index contributed by atoms with van der Waals surface area (Å²) >= 11 is 0. The molecule has 0 aliphatic carbocycles. The van der Waals surface area contributed by atoms with Crippen molar-refractivity contribution in [2.45, 2.75) is 29.9 Å². The van der Waals surface area contributed by atoms with Crippen molar-refractivity contribution in [1.82, 2.24) is 20.3 Å². The van der Waals surface area contributed by atoms with Crippen molar-refractivity contribution in [2.75, 3.05) is 13.7 Å². The van der Waals surface area contributed by atoms with Gasteiger partial charge in [0.25, 0.3) is 12.3 Å². The highest BCUT2D eigenvalue weighted by molar-refractivity contribution is 7.92. The van der Waals surface area contributed by atoms with Crippen molar-refractivity contribution in [1.29, 1.82) is 0 Å². The van der Waals surface area contributed by atoms with Gasteiger partial charge < -0.3 is 14.8 Å². The molecule has 0 unspecified atom stereocenters. The molecule has 9 nitrogen and oxygen atoms in total. The average Bonchev–Trinajstić information content (AvgIpc) is 3.00. The molecule has 1 aliphatic rings. The van der Waals surface area contributed by atoms with Gasteiger partial charge >= 0.3 is 0 Å². The SMILES string of the molecule is [2H]C1([2H])OC([2H])([2H])[C@H](F)S(=O)(=O)c2cc(C(=O)NCc3cc4nc(-c5ccc(C(F)F)nc5OC)ccc4cn3)cc(F)c21. The largest absolute Gasteiger partial charge is 0.480 e. The van der Waals surface area contributed by atoms with Gasteiger partial charge in [-0.05, 0) is 42.5 Å². The second-order valence-electron chi connectivity index (χ2n) is 8.36. The number of benzene rings is 1. The number of aromatic nitrogens is 3. The number of nitrogens with zero attached hydrogens (tertiary/aromatic N) is 3. The normalized spacial score (nSPS) is 20.4. The molecule has 0 saturated heterocycles. The summed E-state index contributed by atoms with van der Waals surface area (Å²) in [6.45, 7) is -7.33. The molecule has 0 spiro atoms. The van der Waals surface area contributed by atoms with Crippen molar-refractivity contribution >= 4 is 26.6 Å². The highest BCUT2D eigenvalue weighted by Gasteiger charge is 2.35. The molecule has 1 N–H and O–H groups in total. The van der Waals surface area contributed by atoms with E-state index in [4.69, 9.17) is 10.2 Å². The van der Waals surface area contributed by atoms with Crippen LogP contribution in [0.4, 0.5) is 17.6 Å². The minimum Gasteiger partial charge on any atom is -0.480 e. The van der Waals surface area contributed by atoms with Crippen LogP contribution in [0.5, 0.6) is 5.88 Å². The maximum atomic E-state index is 15.0. The van der Waals surface area contributed by atoms with Gasteiger partial charge in [0.1, 0.15) is 11.5 Å². The van der Waals surface area contributed by atoms with Crippen molar-refractivity contribution in [3.8, 4) is 17.1 Å². The first-order chi connectivity index (χ1) is 20.5. The van der Waals surface area contributed by atoms with Gasteiger partial charge in [-0.2, -0.15) is 0 Å². The Morgan fingerprint density at radius 1 is 1.23 bits per heavy atom. The number of fused-ring (bicyclic) bond motifs is 2. The predicted octanol–water partition coefficient (Wildman–Crippen LogP) is 4.31. The number of hydrogen-bond acceptors (Lipinski definition) is 8. The molecule has 1 aromatic carbocycles. The molecule has 3 aromatic heterocycles. The second kappa shape index (κ2) is 10.8. The first kappa shape index (κ1) is 22.6. The zero-order valence-electron chi connectivity index (χ0n) is 24.3. The fourth-order valence-electron chi connectivity index (χ4n) is 3.84. The molecule has 40 heavy (non-hydrogen) atoms. The minimum atomic E-state index is -5.34. The Labute approximate surface area is 230 Å². The van der Waals surface area contributed by atoms with E-state index in [1.54, 1.807) is 12.1 Å². The van der Waals surface area contributed by atoms with Crippen LogP contribution in [0.3, 0.4) is 0 Å². The summed E-state index contributed by atoms with van der Waals surface area (Å²) < 4.78 is 122. The zero-order valence-corrected chi connectivity index (χ0v) is 21.1. The van der Waals surface area contributed by atoms with E-state index in [-0.39, 0.29) is 18.1 Å². The molecule has 4 heterocycles. The summed E-state index contributed by atoms with van der Waals surface area (Å²) in [6.07, 6.45) is -1.36. The van der Waals surface area contributed by atoms with Crippen LogP contribution >= 0.6 is 0 Å². The van der Waals surface area contributed by atoms with Crippen molar-refractivity contribution < 1.29 is 45.7 Å². The summed E-state index contributed by atoms with van der Waals surface area (Å²) in [7, 11) is -4.07. The van der Waals surface area contributed by atoms with E-state index in [2.05, 4.69) is 25.0 Å². The third-order valence-electron chi connectivity index (χ3n) is 5.83. The maximum Gasteiger partial charge on any atom is 0.280 e. The van der Waals surface area contributed by atoms with Gasteiger partial charge in [0.15, 0.2) is 0 Å². The fraction of sp³-hybridized carbons (Fsp3) is 0.231. The predicted molar refractivity (Wildman–Crippen MR) is 134 cm³/mol.